The highest BCUT2D eigenvalue weighted by Crippen LogP contribution is 2.15. The van der Waals surface area contributed by atoms with Crippen LogP contribution in [0.4, 0.5) is 0 Å². The summed E-state index contributed by atoms with van der Waals surface area (Å²) in [6.07, 6.45) is 2.90. The van der Waals surface area contributed by atoms with Crippen LogP contribution in [-0.4, -0.2) is 25.4 Å². The molecule has 78 valence electrons. The number of carboxylic acids is 1. The Morgan fingerprint density at radius 1 is 1.19 bits per heavy atom. The van der Waals surface area contributed by atoms with Crippen LogP contribution in [0.5, 0.6) is 0 Å². The van der Waals surface area contributed by atoms with Crippen LogP contribution in [0.2, 0.25) is 0 Å². The van der Waals surface area contributed by atoms with E-state index in [0.717, 1.165) is 11.0 Å². The summed E-state index contributed by atoms with van der Waals surface area (Å²) in [6, 6.07) is 7.36. The number of hydrogen-bond acceptors (Lipinski definition) is 3. The maximum Gasteiger partial charge on any atom is 0.354 e. The summed E-state index contributed by atoms with van der Waals surface area (Å²) in [5.74, 6) is -0.996. The fourth-order valence-electron chi connectivity index (χ4n) is 1.75. The normalized spacial score (nSPS) is 11.0. The van der Waals surface area contributed by atoms with E-state index in [4.69, 9.17) is 5.11 Å². The van der Waals surface area contributed by atoms with E-state index in [2.05, 4.69) is 9.97 Å². The summed E-state index contributed by atoms with van der Waals surface area (Å²) in [4.78, 5) is 19.3. The summed E-state index contributed by atoms with van der Waals surface area (Å²) in [5.41, 5.74) is 2.18. The van der Waals surface area contributed by atoms with Gasteiger partial charge in [0.1, 0.15) is 0 Å². The molecular formula is C11H7N3O2. The summed E-state index contributed by atoms with van der Waals surface area (Å²) >= 11 is 0. The molecule has 0 bridgehead atoms. The topological polar surface area (TPSA) is 67.5 Å². The number of fused-ring (bicyclic) bond motifs is 3. The third kappa shape index (κ3) is 1.08. The van der Waals surface area contributed by atoms with E-state index in [1.807, 2.05) is 24.3 Å². The summed E-state index contributed by atoms with van der Waals surface area (Å²) in [7, 11) is 0. The molecule has 0 aliphatic carbocycles. The van der Waals surface area contributed by atoms with Gasteiger partial charge in [-0.25, -0.2) is 9.78 Å². The van der Waals surface area contributed by atoms with E-state index < -0.39 is 5.97 Å². The zero-order chi connectivity index (χ0) is 11.1. The average molecular weight is 213 g/mol. The molecule has 0 amide bonds. The molecule has 5 nitrogen and oxygen atoms in total. The number of imidazole rings is 1. The minimum absolute atomic E-state index is 0.147. The van der Waals surface area contributed by atoms with Crippen molar-refractivity contribution in [3.63, 3.8) is 0 Å². The lowest BCUT2D eigenvalue weighted by Gasteiger charge is -2.02. The van der Waals surface area contributed by atoms with Gasteiger partial charge in [0.2, 0.25) is 0 Å². The monoisotopic (exact) mass is 213 g/mol. The van der Waals surface area contributed by atoms with Gasteiger partial charge in [0.05, 0.1) is 23.4 Å². The van der Waals surface area contributed by atoms with Gasteiger partial charge in [-0.05, 0) is 12.1 Å². The Morgan fingerprint density at radius 3 is 2.81 bits per heavy atom. The summed E-state index contributed by atoms with van der Waals surface area (Å²) in [5, 5.41) is 9.05. The number of aromatic nitrogens is 3. The molecule has 3 aromatic rings. The van der Waals surface area contributed by atoms with Crippen molar-refractivity contribution in [2.24, 2.45) is 0 Å². The van der Waals surface area contributed by atoms with E-state index in [1.165, 1.54) is 6.20 Å². The second kappa shape index (κ2) is 3.03. The number of para-hydroxylation sites is 2. The van der Waals surface area contributed by atoms with Crippen LogP contribution in [0.3, 0.4) is 0 Å². The lowest BCUT2D eigenvalue weighted by atomic mass is 10.3. The fraction of sp³-hybridized carbons (Fsp3) is 0. The van der Waals surface area contributed by atoms with E-state index in [0.29, 0.717) is 5.65 Å². The van der Waals surface area contributed by atoms with Gasteiger partial charge in [-0.15, -0.1) is 0 Å². The number of carboxylic acid groups (broad SMARTS) is 1. The van der Waals surface area contributed by atoms with Gasteiger partial charge >= 0.3 is 5.97 Å². The molecular weight excluding hydrogens is 206 g/mol. The molecule has 1 aromatic carbocycles. The summed E-state index contributed by atoms with van der Waals surface area (Å²) in [6.45, 7) is 0. The van der Waals surface area contributed by atoms with E-state index in [1.54, 1.807) is 10.6 Å². The summed E-state index contributed by atoms with van der Waals surface area (Å²) < 4.78 is 1.59. The highest BCUT2D eigenvalue weighted by molar-refractivity contribution is 5.89. The van der Waals surface area contributed by atoms with Gasteiger partial charge < -0.3 is 5.11 Å². The third-order valence-corrected chi connectivity index (χ3v) is 2.45. The lowest BCUT2D eigenvalue weighted by Crippen LogP contribution is -2.02. The van der Waals surface area contributed by atoms with Crippen molar-refractivity contribution in [2.45, 2.75) is 0 Å². The highest BCUT2D eigenvalue weighted by Gasteiger charge is 2.12. The van der Waals surface area contributed by atoms with Crippen LogP contribution < -0.4 is 0 Å². The highest BCUT2D eigenvalue weighted by atomic mass is 16.4. The molecule has 3 rings (SSSR count). The number of aromatic carboxylic acids is 1. The van der Waals surface area contributed by atoms with Gasteiger partial charge in [-0.3, -0.25) is 9.38 Å². The van der Waals surface area contributed by atoms with Gasteiger partial charge in [-0.1, -0.05) is 12.1 Å². The van der Waals surface area contributed by atoms with Crippen molar-refractivity contribution in [1.29, 1.82) is 0 Å². The molecule has 0 spiro atoms. The van der Waals surface area contributed by atoms with Crippen LogP contribution in [-0.2, 0) is 0 Å². The predicted octanol–water partition coefficient (Wildman–Crippen LogP) is 1.58. The molecule has 5 heteroatoms. The van der Waals surface area contributed by atoms with Gasteiger partial charge in [0.15, 0.2) is 11.3 Å². The van der Waals surface area contributed by atoms with Crippen molar-refractivity contribution >= 4 is 22.6 Å². The molecule has 2 aromatic heterocycles. The van der Waals surface area contributed by atoms with Crippen molar-refractivity contribution in [3.05, 3.63) is 42.4 Å². The van der Waals surface area contributed by atoms with Gasteiger partial charge in [-0.2, -0.15) is 0 Å². The lowest BCUT2D eigenvalue weighted by molar-refractivity contribution is 0.0690. The minimum Gasteiger partial charge on any atom is -0.477 e. The van der Waals surface area contributed by atoms with Gasteiger partial charge in [0, 0.05) is 0 Å². The molecule has 0 saturated heterocycles. The Balaban J connectivity index is 2.56. The number of rotatable bonds is 1. The Morgan fingerprint density at radius 2 is 2.00 bits per heavy atom. The minimum atomic E-state index is -0.996. The van der Waals surface area contributed by atoms with E-state index in [-0.39, 0.29) is 5.69 Å². The van der Waals surface area contributed by atoms with Crippen molar-refractivity contribution < 1.29 is 9.90 Å². The maximum absolute atomic E-state index is 11.0. The first-order valence-electron chi connectivity index (χ1n) is 4.72. The van der Waals surface area contributed by atoms with Crippen LogP contribution >= 0.6 is 0 Å². The molecule has 16 heavy (non-hydrogen) atoms. The second-order valence-electron chi connectivity index (χ2n) is 3.39. The van der Waals surface area contributed by atoms with Crippen LogP contribution in [0.1, 0.15) is 10.5 Å². The molecule has 0 aliphatic heterocycles. The van der Waals surface area contributed by atoms with Crippen molar-refractivity contribution in [2.75, 3.05) is 0 Å². The molecule has 0 aliphatic rings. The molecule has 0 radical (unpaired) electrons. The smallest absolute Gasteiger partial charge is 0.354 e. The van der Waals surface area contributed by atoms with Crippen molar-refractivity contribution in [1.82, 2.24) is 14.4 Å². The van der Waals surface area contributed by atoms with E-state index in [9.17, 15) is 4.79 Å². The zero-order valence-corrected chi connectivity index (χ0v) is 8.16. The second-order valence-corrected chi connectivity index (χ2v) is 3.39. The van der Waals surface area contributed by atoms with Crippen LogP contribution in [0, 0.1) is 0 Å². The molecule has 0 atom stereocenters. The van der Waals surface area contributed by atoms with Gasteiger partial charge in [0.25, 0.3) is 0 Å². The first kappa shape index (κ1) is 8.84. The molecule has 0 fully saturated rings. The number of carbonyl (C=O) groups is 1. The Kier molecular flexibility index (Phi) is 1.67. The molecule has 0 unspecified atom stereocenters. The molecule has 1 N–H and O–H groups in total. The average Bonchev–Trinajstić information content (AvgIpc) is 2.73. The maximum atomic E-state index is 11.0. The SMILES string of the molecule is O=C(O)c1cnc2cnc3ccccc3n12. The standard InChI is InChI=1S/C11H7N3O2/c15-11(16)9-5-13-10-6-12-7-3-1-2-4-8(7)14(9)10/h1-6H,(H,15,16). The number of hydrogen-bond donors (Lipinski definition) is 1. The Bertz CT molecular complexity index is 703. The Hall–Kier alpha value is -2.43. The zero-order valence-electron chi connectivity index (χ0n) is 8.16. The fourth-order valence-corrected chi connectivity index (χ4v) is 1.75. The first-order valence-corrected chi connectivity index (χ1v) is 4.72. The molecule has 0 saturated carbocycles. The quantitative estimate of drug-likeness (QED) is 0.666. The molecule has 2 heterocycles. The van der Waals surface area contributed by atoms with E-state index >= 15 is 0 Å². The van der Waals surface area contributed by atoms with Crippen molar-refractivity contribution in [3.8, 4) is 0 Å². The largest absolute Gasteiger partial charge is 0.477 e. The number of benzene rings is 1. The van der Waals surface area contributed by atoms with Crippen LogP contribution in [0.25, 0.3) is 16.7 Å². The predicted molar refractivity (Wildman–Crippen MR) is 57.5 cm³/mol. The first-order chi connectivity index (χ1) is 7.77. The van der Waals surface area contributed by atoms with Crippen LogP contribution in [0.15, 0.2) is 36.7 Å². The Labute approximate surface area is 90.0 Å². The number of nitrogens with zero attached hydrogens (tertiary/aromatic N) is 3. The third-order valence-electron chi connectivity index (χ3n) is 2.45.